The summed E-state index contributed by atoms with van der Waals surface area (Å²) in [5.74, 6) is 5.06. The molecule has 0 radical (unpaired) electrons. The molecule has 12 heavy (non-hydrogen) atoms. The van der Waals surface area contributed by atoms with Gasteiger partial charge in [-0.2, -0.15) is 5.17 Å². The minimum Gasteiger partial charge on any atom is -0.275 e. The highest BCUT2D eigenvalue weighted by Crippen LogP contribution is 1.99. The molecule has 0 heterocycles. The molecular formula is C8H10N2O2. The van der Waals surface area contributed by atoms with Crippen LogP contribution in [-0.2, 0) is 16.2 Å². The van der Waals surface area contributed by atoms with E-state index in [4.69, 9.17) is 10.7 Å². The first-order valence-corrected chi connectivity index (χ1v) is 3.49. The van der Waals surface area contributed by atoms with Crippen molar-refractivity contribution in [2.75, 3.05) is 0 Å². The predicted octanol–water partition coefficient (Wildman–Crippen LogP) is 0.450. The second kappa shape index (κ2) is 4.48. The summed E-state index contributed by atoms with van der Waals surface area (Å²) in [5.41, 5.74) is 0.967. The summed E-state index contributed by atoms with van der Waals surface area (Å²) in [6.45, 7) is 0.302. The normalized spacial score (nSPS) is 9.42. The van der Waals surface area contributed by atoms with E-state index in [2.05, 4.69) is 0 Å². The Morgan fingerprint density at radius 3 is 2.67 bits per heavy atom. The van der Waals surface area contributed by atoms with Gasteiger partial charge < -0.3 is 0 Å². The van der Waals surface area contributed by atoms with Gasteiger partial charge in [0, 0.05) is 0 Å². The van der Waals surface area contributed by atoms with Crippen LogP contribution in [0.4, 0.5) is 0 Å². The molecule has 64 valence electrons. The second-order valence-electron chi connectivity index (χ2n) is 2.22. The molecular weight excluding hydrogens is 156 g/mol. The maximum atomic E-state index is 10.0. The maximum Gasteiger partial charge on any atom is 0.248 e. The van der Waals surface area contributed by atoms with Crippen molar-refractivity contribution >= 4 is 6.41 Å². The zero-order chi connectivity index (χ0) is 8.81. The van der Waals surface area contributed by atoms with E-state index in [0.717, 1.165) is 5.56 Å². The van der Waals surface area contributed by atoms with Crippen molar-refractivity contribution in [3.8, 4) is 0 Å². The van der Waals surface area contributed by atoms with Gasteiger partial charge in [0.15, 0.2) is 0 Å². The average Bonchev–Trinajstić information content (AvgIpc) is 2.16. The SMILES string of the molecule is NN(C=O)OCc1ccccc1. The molecule has 0 aromatic heterocycles. The van der Waals surface area contributed by atoms with E-state index < -0.39 is 0 Å². The fourth-order valence-electron chi connectivity index (χ4n) is 0.754. The number of carbonyl (C=O) groups excluding carboxylic acids is 1. The zero-order valence-electron chi connectivity index (χ0n) is 6.51. The first-order valence-electron chi connectivity index (χ1n) is 3.49. The quantitative estimate of drug-likeness (QED) is 0.306. The van der Waals surface area contributed by atoms with E-state index in [1.807, 2.05) is 30.3 Å². The lowest BCUT2D eigenvalue weighted by molar-refractivity contribution is -0.178. The molecule has 4 nitrogen and oxygen atoms in total. The summed E-state index contributed by atoms with van der Waals surface area (Å²) in [6.07, 6.45) is 0.406. The van der Waals surface area contributed by atoms with Gasteiger partial charge >= 0.3 is 0 Å². The van der Waals surface area contributed by atoms with Crippen molar-refractivity contribution in [2.45, 2.75) is 6.61 Å². The molecule has 0 aliphatic heterocycles. The fourth-order valence-corrected chi connectivity index (χ4v) is 0.754. The van der Waals surface area contributed by atoms with Crippen molar-refractivity contribution in [1.29, 1.82) is 0 Å². The first-order chi connectivity index (χ1) is 5.83. The van der Waals surface area contributed by atoms with Crippen LogP contribution in [0.2, 0.25) is 0 Å². The van der Waals surface area contributed by atoms with Crippen molar-refractivity contribution in [2.24, 2.45) is 5.84 Å². The van der Waals surface area contributed by atoms with Crippen LogP contribution in [0, 0.1) is 0 Å². The van der Waals surface area contributed by atoms with E-state index in [1.165, 1.54) is 0 Å². The molecule has 0 bridgehead atoms. The minimum absolute atomic E-state index is 0.302. The lowest BCUT2D eigenvalue weighted by Gasteiger charge is -2.09. The third kappa shape index (κ3) is 2.69. The summed E-state index contributed by atoms with van der Waals surface area (Å²) in [7, 11) is 0. The van der Waals surface area contributed by atoms with Crippen molar-refractivity contribution in [1.82, 2.24) is 5.17 Å². The Morgan fingerprint density at radius 2 is 2.08 bits per heavy atom. The smallest absolute Gasteiger partial charge is 0.248 e. The van der Waals surface area contributed by atoms with E-state index in [9.17, 15) is 4.79 Å². The molecule has 0 saturated carbocycles. The van der Waals surface area contributed by atoms with Crippen LogP contribution in [0.1, 0.15) is 5.56 Å². The van der Waals surface area contributed by atoms with Gasteiger partial charge in [-0.05, 0) is 5.56 Å². The molecule has 0 aliphatic rings. The predicted molar refractivity (Wildman–Crippen MR) is 43.3 cm³/mol. The van der Waals surface area contributed by atoms with Gasteiger partial charge in [-0.3, -0.25) is 9.63 Å². The lowest BCUT2D eigenvalue weighted by atomic mass is 10.2. The third-order valence-corrected chi connectivity index (χ3v) is 1.33. The lowest BCUT2D eigenvalue weighted by Crippen LogP contribution is -2.29. The summed E-state index contributed by atoms with van der Waals surface area (Å²) in [4.78, 5) is 14.8. The van der Waals surface area contributed by atoms with Crippen LogP contribution in [0.25, 0.3) is 0 Å². The van der Waals surface area contributed by atoms with Gasteiger partial charge in [-0.1, -0.05) is 30.3 Å². The molecule has 0 atom stereocenters. The Bertz CT molecular complexity index is 238. The molecule has 0 unspecified atom stereocenters. The molecule has 1 rings (SSSR count). The minimum atomic E-state index is 0.302. The van der Waals surface area contributed by atoms with Gasteiger partial charge in [0.05, 0.1) is 0 Å². The number of hydrogen-bond acceptors (Lipinski definition) is 3. The fraction of sp³-hybridized carbons (Fsp3) is 0.125. The molecule has 1 amide bonds. The standard InChI is InChI=1S/C8H10N2O2/c9-10(7-11)12-6-8-4-2-1-3-5-8/h1-5,7H,6,9H2. The zero-order valence-corrected chi connectivity index (χ0v) is 6.51. The number of rotatable bonds is 4. The Hall–Kier alpha value is -1.39. The number of hydrogen-bond donors (Lipinski definition) is 1. The largest absolute Gasteiger partial charge is 0.275 e. The first kappa shape index (κ1) is 8.70. The summed E-state index contributed by atoms with van der Waals surface area (Å²) in [6, 6.07) is 9.46. The highest BCUT2D eigenvalue weighted by Gasteiger charge is 1.94. The number of benzene rings is 1. The second-order valence-corrected chi connectivity index (χ2v) is 2.22. The van der Waals surface area contributed by atoms with Gasteiger partial charge in [0.2, 0.25) is 6.41 Å². The summed E-state index contributed by atoms with van der Waals surface area (Å²) < 4.78 is 0. The number of carbonyl (C=O) groups is 1. The van der Waals surface area contributed by atoms with E-state index in [1.54, 1.807) is 0 Å². The Kier molecular flexibility index (Phi) is 3.25. The number of nitrogens with two attached hydrogens (primary N) is 1. The summed E-state index contributed by atoms with van der Waals surface area (Å²) in [5, 5.41) is 0.646. The average molecular weight is 166 g/mol. The van der Waals surface area contributed by atoms with Crippen LogP contribution in [0.15, 0.2) is 30.3 Å². The van der Waals surface area contributed by atoms with Gasteiger partial charge in [-0.15, -0.1) is 0 Å². The Labute approximate surface area is 70.5 Å². The van der Waals surface area contributed by atoms with Crippen molar-refractivity contribution in [3.63, 3.8) is 0 Å². The van der Waals surface area contributed by atoms with Crippen LogP contribution in [-0.4, -0.2) is 11.6 Å². The van der Waals surface area contributed by atoms with Gasteiger partial charge in [0.1, 0.15) is 6.61 Å². The molecule has 2 N–H and O–H groups in total. The van der Waals surface area contributed by atoms with E-state index in [-0.39, 0.29) is 0 Å². The van der Waals surface area contributed by atoms with Crippen LogP contribution in [0.5, 0.6) is 0 Å². The van der Waals surface area contributed by atoms with Gasteiger partial charge in [-0.25, -0.2) is 5.84 Å². The Morgan fingerprint density at radius 1 is 1.42 bits per heavy atom. The van der Waals surface area contributed by atoms with Crippen LogP contribution < -0.4 is 5.84 Å². The topological polar surface area (TPSA) is 55.6 Å². The maximum absolute atomic E-state index is 10.0. The van der Waals surface area contributed by atoms with Crippen LogP contribution >= 0.6 is 0 Å². The highest BCUT2D eigenvalue weighted by molar-refractivity contribution is 5.43. The molecule has 0 fully saturated rings. The number of hydroxylamine groups is 1. The molecule has 0 aliphatic carbocycles. The molecule has 1 aromatic carbocycles. The van der Waals surface area contributed by atoms with Crippen molar-refractivity contribution in [3.05, 3.63) is 35.9 Å². The molecule has 4 heteroatoms. The Balaban J connectivity index is 2.38. The van der Waals surface area contributed by atoms with Crippen molar-refractivity contribution < 1.29 is 9.63 Å². The highest BCUT2D eigenvalue weighted by atomic mass is 16.7. The van der Waals surface area contributed by atoms with Gasteiger partial charge in [0.25, 0.3) is 0 Å². The van der Waals surface area contributed by atoms with E-state index >= 15 is 0 Å². The number of amides is 1. The monoisotopic (exact) mass is 166 g/mol. The molecule has 1 aromatic rings. The van der Waals surface area contributed by atoms with E-state index in [0.29, 0.717) is 18.2 Å². The molecule has 0 saturated heterocycles. The van der Waals surface area contributed by atoms with Crippen LogP contribution in [0.3, 0.4) is 0 Å². The number of hydrazine groups is 1. The number of nitrogens with zero attached hydrogens (tertiary/aromatic N) is 1. The third-order valence-electron chi connectivity index (χ3n) is 1.33. The summed E-state index contributed by atoms with van der Waals surface area (Å²) >= 11 is 0. The molecule has 0 spiro atoms.